The topological polar surface area (TPSA) is 52.3 Å². The van der Waals surface area contributed by atoms with Crippen molar-refractivity contribution in [3.8, 4) is 0 Å². The number of rotatable bonds is 4. The summed E-state index contributed by atoms with van der Waals surface area (Å²) in [6, 6.07) is 0. The van der Waals surface area contributed by atoms with E-state index in [1.165, 1.54) is 0 Å². The largest absolute Gasteiger partial charge is 0.444 e. The highest BCUT2D eigenvalue weighted by Crippen LogP contribution is 2.36. The van der Waals surface area contributed by atoms with E-state index in [0.717, 1.165) is 6.42 Å². The van der Waals surface area contributed by atoms with Crippen LogP contribution in [0.15, 0.2) is 0 Å². The lowest BCUT2D eigenvalue weighted by Gasteiger charge is -2.36. The van der Waals surface area contributed by atoms with Crippen molar-refractivity contribution in [2.45, 2.75) is 80.9 Å². The van der Waals surface area contributed by atoms with Crippen molar-refractivity contribution in [2.24, 2.45) is 22.0 Å². The molecule has 19 heavy (non-hydrogen) atoms. The molecule has 0 rings (SSSR count). The second-order valence-electron chi connectivity index (χ2n) is 9.06. The molecule has 0 saturated carbocycles. The number of esters is 1. The number of hydrogen-bond donors (Lipinski definition) is 1. The number of carbonyl (C=O) groups is 1. The van der Waals surface area contributed by atoms with E-state index in [2.05, 4.69) is 41.5 Å². The lowest BCUT2D eigenvalue weighted by molar-refractivity contribution is -0.172. The Labute approximate surface area is 119 Å². The van der Waals surface area contributed by atoms with Gasteiger partial charge in [0, 0.05) is 6.42 Å². The number of hydrogen-bond acceptors (Lipinski definition) is 3. The van der Waals surface area contributed by atoms with E-state index in [-0.39, 0.29) is 16.8 Å². The minimum Gasteiger partial charge on any atom is -0.444 e. The van der Waals surface area contributed by atoms with E-state index in [4.69, 9.17) is 10.5 Å². The first-order chi connectivity index (χ1) is 8.04. The summed E-state index contributed by atoms with van der Waals surface area (Å²) in [5.74, 6) is -0.211. The third kappa shape index (κ3) is 8.25. The maximum atomic E-state index is 12.3. The van der Waals surface area contributed by atoms with Crippen LogP contribution in [0.25, 0.3) is 0 Å². The highest BCUT2D eigenvalue weighted by Gasteiger charge is 2.38. The number of carbonyl (C=O) groups excluding carboxylic acids is 1. The van der Waals surface area contributed by atoms with Gasteiger partial charge in [-0.2, -0.15) is 0 Å². The molecule has 0 saturated heterocycles. The first-order valence-corrected chi connectivity index (χ1v) is 7.07. The van der Waals surface area contributed by atoms with Crippen LogP contribution in [-0.2, 0) is 9.53 Å². The van der Waals surface area contributed by atoms with Crippen LogP contribution < -0.4 is 5.73 Å². The van der Waals surface area contributed by atoms with Crippen LogP contribution in [0.5, 0.6) is 0 Å². The molecule has 3 heteroatoms. The Balaban J connectivity index is 4.76. The van der Waals surface area contributed by atoms with E-state index in [1.54, 1.807) is 6.92 Å². The zero-order chi connectivity index (χ0) is 15.7. The van der Waals surface area contributed by atoms with Crippen LogP contribution in [0.2, 0.25) is 0 Å². The summed E-state index contributed by atoms with van der Waals surface area (Å²) in [6.07, 6.45) is 1.40. The van der Waals surface area contributed by atoms with Crippen molar-refractivity contribution in [1.29, 1.82) is 0 Å². The maximum absolute atomic E-state index is 12.3. The lowest BCUT2D eigenvalue weighted by Crippen LogP contribution is -2.47. The van der Waals surface area contributed by atoms with Gasteiger partial charge in [-0.05, 0) is 38.0 Å². The molecule has 0 aliphatic rings. The molecule has 114 valence electrons. The Hall–Kier alpha value is -0.570. The summed E-state index contributed by atoms with van der Waals surface area (Å²) < 4.78 is 5.56. The monoisotopic (exact) mass is 271 g/mol. The SMILES string of the molecule is CC(C)(C)CC(C)(N)OC(=O)C(C)(C)CC(C)(C)C. The zero-order valence-electron chi connectivity index (χ0n) is 14.3. The molecule has 2 N–H and O–H groups in total. The van der Waals surface area contributed by atoms with Gasteiger partial charge in [-0.1, -0.05) is 41.5 Å². The molecule has 1 unspecified atom stereocenters. The van der Waals surface area contributed by atoms with Crippen molar-refractivity contribution < 1.29 is 9.53 Å². The number of ether oxygens (including phenoxy) is 1. The van der Waals surface area contributed by atoms with Gasteiger partial charge in [0.05, 0.1) is 5.41 Å². The highest BCUT2D eigenvalue weighted by molar-refractivity contribution is 5.76. The molecule has 0 fully saturated rings. The zero-order valence-corrected chi connectivity index (χ0v) is 14.3. The maximum Gasteiger partial charge on any atom is 0.313 e. The molecule has 1 atom stereocenters. The van der Waals surface area contributed by atoms with Gasteiger partial charge in [0.25, 0.3) is 0 Å². The molecule has 0 aromatic heterocycles. The molecule has 0 amide bonds. The van der Waals surface area contributed by atoms with Gasteiger partial charge in [-0.25, -0.2) is 0 Å². The minimum absolute atomic E-state index is 0.0257. The quantitative estimate of drug-likeness (QED) is 0.618. The second kappa shape index (κ2) is 5.43. The standard InChI is InChI=1S/C16H33NO2/c1-13(2,3)10-15(7,8)12(18)19-16(9,17)11-14(4,5)6/h10-11,17H2,1-9H3. The molecule has 0 aromatic carbocycles. The second-order valence-corrected chi connectivity index (χ2v) is 9.06. The molecule has 0 aromatic rings. The van der Waals surface area contributed by atoms with Gasteiger partial charge in [-0.15, -0.1) is 0 Å². The normalized spacial score (nSPS) is 16.9. The van der Waals surface area contributed by atoms with Crippen molar-refractivity contribution in [1.82, 2.24) is 0 Å². The Bertz CT molecular complexity index is 317. The number of nitrogens with two attached hydrogens (primary N) is 1. The van der Waals surface area contributed by atoms with Crippen LogP contribution >= 0.6 is 0 Å². The van der Waals surface area contributed by atoms with E-state index >= 15 is 0 Å². The summed E-state index contributed by atoms with van der Waals surface area (Å²) in [5, 5.41) is 0. The first kappa shape index (κ1) is 18.4. The summed E-state index contributed by atoms with van der Waals surface area (Å²) in [5.41, 5.74) is 4.80. The van der Waals surface area contributed by atoms with Crippen LogP contribution in [0.1, 0.15) is 75.2 Å². The van der Waals surface area contributed by atoms with Gasteiger partial charge in [0.2, 0.25) is 0 Å². The Kier molecular flexibility index (Phi) is 5.27. The van der Waals surface area contributed by atoms with E-state index < -0.39 is 11.1 Å². The van der Waals surface area contributed by atoms with E-state index in [1.807, 2.05) is 13.8 Å². The molecular formula is C16H33NO2. The Morgan fingerprint density at radius 2 is 1.21 bits per heavy atom. The van der Waals surface area contributed by atoms with E-state index in [9.17, 15) is 4.79 Å². The predicted molar refractivity (Wildman–Crippen MR) is 80.6 cm³/mol. The fourth-order valence-electron chi connectivity index (χ4n) is 2.84. The molecule has 0 aliphatic carbocycles. The first-order valence-electron chi connectivity index (χ1n) is 7.07. The summed E-state index contributed by atoms with van der Waals surface area (Å²) in [7, 11) is 0. The van der Waals surface area contributed by atoms with Gasteiger partial charge in [-0.3, -0.25) is 10.5 Å². The minimum atomic E-state index is -0.912. The lowest BCUT2D eigenvalue weighted by atomic mass is 9.76. The Morgan fingerprint density at radius 1 is 0.842 bits per heavy atom. The summed E-state index contributed by atoms with van der Waals surface area (Å²) >= 11 is 0. The Morgan fingerprint density at radius 3 is 1.53 bits per heavy atom. The smallest absolute Gasteiger partial charge is 0.313 e. The molecule has 0 bridgehead atoms. The van der Waals surface area contributed by atoms with Crippen molar-refractivity contribution >= 4 is 5.97 Å². The molecule has 0 aliphatic heterocycles. The molecular weight excluding hydrogens is 238 g/mol. The summed E-state index contributed by atoms with van der Waals surface area (Å²) in [6.45, 7) is 18.3. The van der Waals surface area contributed by atoms with Crippen molar-refractivity contribution in [3.63, 3.8) is 0 Å². The highest BCUT2D eigenvalue weighted by atomic mass is 16.6. The van der Waals surface area contributed by atoms with Crippen molar-refractivity contribution in [3.05, 3.63) is 0 Å². The van der Waals surface area contributed by atoms with Crippen LogP contribution in [0.4, 0.5) is 0 Å². The van der Waals surface area contributed by atoms with Gasteiger partial charge < -0.3 is 4.74 Å². The summed E-state index contributed by atoms with van der Waals surface area (Å²) in [4.78, 5) is 12.3. The third-order valence-corrected chi connectivity index (χ3v) is 2.73. The molecule has 0 radical (unpaired) electrons. The van der Waals surface area contributed by atoms with Gasteiger partial charge in [0.1, 0.15) is 0 Å². The fraction of sp³-hybridized carbons (Fsp3) is 0.938. The molecule has 3 nitrogen and oxygen atoms in total. The van der Waals surface area contributed by atoms with Crippen LogP contribution in [0.3, 0.4) is 0 Å². The van der Waals surface area contributed by atoms with Gasteiger partial charge in [0.15, 0.2) is 5.72 Å². The molecule has 0 heterocycles. The van der Waals surface area contributed by atoms with E-state index in [0.29, 0.717) is 6.42 Å². The third-order valence-electron chi connectivity index (χ3n) is 2.73. The average molecular weight is 271 g/mol. The predicted octanol–water partition coefficient (Wildman–Crippen LogP) is 4.10. The van der Waals surface area contributed by atoms with Crippen LogP contribution in [0, 0.1) is 16.2 Å². The fourth-order valence-corrected chi connectivity index (χ4v) is 2.84. The van der Waals surface area contributed by atoms with Crippen LogP contribution in [-0.4, -0.2) is 11.7 Å². The molecule has 0 spiro atoms. The van der Waals surface area contributed by atoms with Crippen molar-refractivity contribution in [2.75, 3.05) is 0 Å². The van der Waals surface area contributed by atoms with Gasteiger partial charge >= 0.3 is 5.97 Å². The average Bonchev–Trinajstić information content (AvgIpc) is 1.91.